The monoisotopic (exact) mass is 436 g/mol. The van der Waals surface area contributed by atoms with E-state index in [1.54, 1.807) is 6.07 Å². The Labute approximate surface area is 178 Å². The standard InChI is InChI=1S/C20H22ClFN4O4/c1-10(2)26-15-6-11(5-13(22)19(15)30-9-17(26)28)18-12(21)7-23-20(25-18)24-14-3-4-29-8-16(14)27/h5-7,10,14,16,27H,3-4,8-9H2,1-2H3,(H,23,24,25)/t14-,16-/m1/s1. The quantitative estimate of drug-likeness (QED) is 0.760. The summed E-state index contributed by atoms with van der Waals surface area (Å²) < 4.78 is 25.4. The van der Waals surface area contributed by atoms with Crippen LogP contribution in [0.1, 0.15) is 20.3 Å². The number of nitrogens with one attached hydrogen (secondary N) is 1. The number of hydrogen-bond acceptors (Lipinski definition) is 7. The lowest BCUT2D eigenvalue weighted by molar-refractivity contribution is -0.121. The number of carbonyl (C=O) groups is 1. The van der Waals surface area contributed by atoms with Gasteiger partial charge < -0.3 is 24.8 Å². The van der Waals surface area contributed by atoms with Crippen molar-refractivity contribution in [3.8, 4) is 17.0 Å². The number of anilines is 2. The molecule has 1 aromatic heterocycles. The number of fused-ring (bicyclic) bond motifs is 1. The van der Waals surface area contributed by atoms with Gasteiger partial charge in [0.2, 0.25) is 5.95 Å². The van der Waals surface area contributed by atoms with Crippen molar-refractivity contribution in [1.29, 1.82) is 0 Å². The van der Waals surface area contributed by atoms with E-state index in [4.69, 9.17) is 21.1 Å². The zero-order valence-corrected chi connectivity index (χ0v) is 17.3. The van der Waals surface area contributed by atoms with Gasteiger partial charge in [-0.25, -0.2) is 14.4 Å². The molecule has 0 bridgehead atoms. The second-order valence-electron chi connectivity index (χ2n) is 7.52. The van der Waals surface area contributed by atoms with Gasteiger partial charge in [-0.15, -0.1) is 0 Å². The summed E-state index contributed by atoms with van der Waals surface area (Å²) in [6.45, 7) is 4.22. The van der Waals surface area contributed by atoms with Gasteiger partial charge in [-0.1, -0.05) is 11.6 Å². The summed E-state index contributed by atoms with van der Waals surface area (Å²) in [6.07, 6.45) is 1.32. The molecule has 1 fully saturated rings. The number of benzene rings is 1. The number of aromatic nitrogens is 2. The van der Waals surface area contributed by atoms with Crippen LogP contribution in [0.5, 0.6) is 5.75 Å². The lowest BCUT2D eigenvalue weighted by Crippen LogP contribution is -2.43. The SMILES string of the molecule is CC(C)N1C(=O)COc2c(F)cc(-c3nc(N[C@@H]4CCOC[C@H]4O)ncc3Cl)cc21. The molecule has 1 amide bonds. The Bertz CT molecular complexity index is 974. The highest BCUT2D eigenvalue weighted by Gasteiger charge is 2.31. The Hall–Kier alpha value is -2.49. The molecule has 30 heavy (non-hydrogen) atoms. The summed E-state index contributed by atoms with van der Waals surface area (Å²) in [7, 11) is 0. The molecule has 2 N–H and O–H groups in total. The lowest BCUT2D eigenvalue weighted by Gasteiger charge is -2.33. The normalized spacial score (nSPS) is 21.4. The summed E-state index contributed by atoms with van der Waals surface area (Å²) in [5.41, 5.74) is 1.03. The maximum Gasteiger partial charge on any atom is 0.265 e. The van der Waals surface area contributed by atoms with E-state index in [1.807, 2.05) is 13.8 Å². The molecule has 1 aromatic carbocycles. The van der Waals surface area contributed by atoms with Crippen molar-refractivity contribution in [2.75, 3.05) is 30.0 Å². The van der Waals surface area contributed by atoms with Crippen molar-refractivity contribution < 1.29 is 23.8 Å². The van der Waals surface area contributed by atoms with Gasteiger partial charge in [0.15, 0.2) is 18.2 Å². The van der Waals surface area contributed by atoms with Gasteiger partial charge in [-0.05, 0) is 32.4 Å². The van der Waals surface area contributed by atoms with Crippen LogP contribution >= 0.6 is 11.6 Å². The number of amides is 1. The molecule has 8 nitrogen and oxygen atoms in total. The minimum absolute atomic E-state index is 0.0286. The Morgan fingerprint density at radius 2 is 2.20 bits per heavy atom. The third-order valence-electron chi connectivity index (χ3n) is 5.07. The number of nitrogens with zero attached hydrogens (tertiary/aromatic N) is 3. The fourth-order valence-corrected chi connectivity index (χ4v) is 3.84. The van der Waals surface area contributed by atoms with E-state index in [0.717, 1.165) is 0 Å². The fraction of sp³-hybridized carbons (Fsp3) is 0.450. The topological polar surface area (TPSA) is 96.8 Å². The van der Waals surface area contributed by atoms with Crippen LogP contribution in [0.2, 0.25) is 5.02 Å². The van der Waals surface area contributed by atoms with Crippen LogP contribution in [-0.2, 0) is 9.53 Å². The van der Waals surface area contributed by atoms with E-state index >= 15 is 0 Å². The average molecular weight is 437 g/mol. The molecule has 0 radical (unpaired) electrons. The average Bonchev–Trinajstić information content (AvgIpc) is 2.70. The van der Waals surface area contributed by atoms with Crippen molar-refractivity contribution in [1.82, 2.24) is 9.97 Å². The van der Waals surface area contributed by atoms with Crippen molar-refractivity contribution >= 4 is 29.1 Å². The second kappa shape index (κ2) is 8.33. The molecule has 1 saturated heterocycles. The minimum atomic E-state index is -0.689. The first-order valence-corrected chi connectivity index (χ1v) is 10.1. The Morgan fingerprint density at radius 1 is 1.40 bits per heavy atom. The zero-order valence-electron chi connectivity index (χ0n) is 16.6. The van der Waals surface area contributed by atoms with E-state index in [1.165, 1.54) is 17.2 Å². The first-order chi connectivity index (χ1) is 14.3. The molecular formula is C20H22ClFN4O4. The molecule has 3 heterocycles. The third-order valence-corrected chi connectivity index (χ3v) is 5.34. The fourth-order valence-electron chi connectivity index (χ4n) is 3.64. The molecule has 10 heteroatoms. The molecule has 0 unspecified atom stereocenters. The smallest absolute Gasteiger partial charge is 0.265 e. The van der Waals surface area contributed by atoms with E-state index < -0.39 is 11.9 Å². The lowest BCUT2D eigenvalue weighted by atomic mass is 10.1. The van der Waals surface area contributed by atoms with Gasteiger partial charge >= 0.3 is 0 Å². The van der Waals surface area contributed by atoms with E-state index in [9.17, 15) is 14.3 Å². The number of halogens is 2. The van der Waals surface area contributed by atoms with Gasteiger partial charge in [-0.3, -0.25) is 4.79 Å². The molecule has 0 saturated carbocycles. The molecule has 2 aliphatic heterocycles. The van der Waals surface area contributed by atoms with Crippen LogP contribution < -0.4 is 15.0 Å². The van der Waals surface area contributed by atoms with Crippen molar-refractivity contribution in [2.24, 2.45) is 0 Å². The number of carbonyl (C=O) groups excluding carboxylic acids is 1. The van der Waals surface area contributed by atoms with Gasteiger partial charge in [0.25, 0.3) is 5.91 Å². The van der Waals surface area contributed by atoms with E-state index in [2.05, 4.69) is 15.3 Å². The van der Waals surface area contributed by atoms with Crippen LogP contribution in [-0.4, -0.2) is 59.0 Å². The largest absolute Gasteiger partial charge is 0.478 e. The van der Waals surface area contributed by atoms with Gasteiger partial charge in [0.05, 0.1) is 41.4 Å². The summed E-state index contributed by atoms with van der Waals surface area (Å²) in [6, 6.07) is 2.46. The predicted molar refractivity (Wildman–Crippen MR) is 109 cm³/mol. The molecule has 0 aliphatic carbocycles. The highest BCUT2D eigenvalue weighted by Crippen LogP contribution is 2.40. The number of aliphatic hydroxyl groups excluding tert-OH is 1. The second-order valence-corrected chi connectivity index (χ2v) is 7.93. The predicted octanol–water partition coefficient (Wildman–Crippen LogP) is 2.63. The summed E-state index contributed by atoms with van der Waals surface area (Å²) in [5.74, 6) is -0.573. The number of aliphatic hydroxyl groups is 1. The number of hydrogen-bond donors (Lipinski definition) is 2. The van der Waals surface area contributed by atoms with Crippen molar-refractivity contribution in [3.05, 3.63) is 29.2 Å². The Morgan fingerprint density at radius 3 is 2.93 bits per heavy atom. The van der Waals surface area contributed by atoms with Crippen LogP contribution in [0.4, 0.5) is 16.0 Å². The Kier molecular flexibility index (Phi) is 5.77. The zero-order chi connectivity index (χ0) is 21.4. The first kappa shape index (κ1) is 20.8. The van der Waals surface area contributed by atoms with Crippen molar-refractivity contribution in [2.45, 2.75) is 38.5 Å². The van der Waals surface area contributed by atoms with Crippen LogP contribution in [0, 0.1) is 5.82 Å². The third kappa shape index (κ3) is 3.92. The van der Waals surface area contributed by atoms with Crippen LogP contribution in [0.25, 0.3) is 11.3 Å². The highest BCUT2D eigenvalue weighted by atomic mass is 35.5. The molecule has 4 rings (SSSR count). The molecule has 0 spiro atoms. The molecular weight excluding hydrogens is 415 g/mol. The van der Waals surface area contributed by atoms with Gasteiger partial charge in [0.1, 0.15) is 0 Å². The van der Waals surface area contributed by atoms with Gasteiger partial charge in [0, 0.05) is 18.2 Å². The first-order valence-electron chi connectivity index (χ1n) is 9.69. The maximum atomic E-state index is 14.8. The maximum absolute atomic E-state index is 14.8. The van der Waals surface area contributed by atoms with E-state index in [-0.39, 0.29) is 47.9 Å². The Balaban J connectivity index is 1.72. The van der Waals surface area contributed by atoms with Gasteiger partial charge in [-0.2, -0.15) is 0 Å². The van der Waals surface area contributed by atoms with Crippen LogP contribution in [0.15, 0.2) is 18.3 Å². The highest BCUT2D eigenvalue weighted by molar-refractivity contribution is 6.33. The molecule has 2 aliphatic rings. The number of rotatable bonds is 4. The molecule has 2 aromatic rings. The minimum Gasteiger partial charge on any atom is -0.478 e. The summed E-state index contributed by atoms with van der Waals surface area (Å²) in [5, 5.41) is 13.4. The summed E-state index contributed by atoms with van der Waals surface area (Å²) in [4.78, 5) is 22.4. The van der Waals surface area contributed by atoms with Crippen LogP contribution in [0.3, 0.4) is 0 Å². The summed E-state index contributed by atoms with van der Waals surface area (Å²) >= 11 is 6.31. The van der Waals surface area contributed by atoms with E-state index in [0.29, 0.717) is 30.0 Å². The molecule has 2 atom stereocenters. The number of ether oxygens (including phenoxy) is 2. The molecule has 160 valence electrons. The van der Waals surface area contributed by atoms with Crippen molar-refractivity contribution in [3.63, 3.8) is 0 Å².